The van der Waals surface area contributed by atoms with Gasteiger partial charge in [0.25, 0.3) is 5.91 Å². The van der Waals surface area contributed by atoms with E-state index in [1.165, 1.54) is 22.3 Å². The van der Waals surface area contributed by atoms with E-state index in [1.807, 2.05) is 6.92 Å². The van der Waals surface area contributed by atoms with E-state index in [9.17, 15) is 18.4 Å². The number of carbonyl (C=O) groups is 2. The quantitative estimate of drug-likeness (QED) is 0.832. The van der Waals surface area contributed by atoms with E-state index in [0.29, 0.717) is 15.4 Å². The molecule has 4 nitrogen and oxygen atoms in total. The predicted molar refractivity (Wildman–Crippen MR) is 97.3 cm³/mol. The van der Waals surface area contributed by atoms with E-state index in [2.05, 4.69) is 5.32 Å². The molecule has 0 saturated heterocycles. The summed E-state index contributed by atoms with van der Waals surface area (Å²) in [6.07, 6.45) is 1.83. The Hall–Kier alpha value is -2.28. The number of thiophene rings is 1. The molecule has 0 radical (unpaired) electrons. The van der Waals surface area contributed by atoms with E-state index >= 15 is 0 Å². The molecule has 7 heteroatoms. The number of nitrogens with one attached hydrogen (secondary N) is 1. The summed E-state index contributed by atoms with van der Waals surface area (Å²) in [7, 11) is 1.62. The van der Waals surface area contributed by atoms with Gasteiger partial charge in [0.1, 0.15) is 0 Å². The highest BCUT2D eigenvalue weighted by atomic mass is 32.1. The highest BCUT2D eigenvalue weighted by molar-refractivity contribution is 7.18. The molecule has 1 N–H and O–H groups in total. The lowest BCUT2D eigenvalue weighted by Gasteiger charge is -2.25. The van der Waals surface area contributed by atoms with Gasteiger partial charge in [-0.1, -0.05) is 6.07 Å². The molecule has 1 aliphatic rings. The molecular weight excluding hydrogens is 358 g/mol. The number of aryl methyl sites for hydroxylation is 1. The Kier molecular flexibility index (Phi) is 5.09. The van der Waals surface area contributed by atoms with Gasteiger partial charge in [-0.15, -0.1) is 11.3 Å². The molecule has 26 heavy (non-hydrogen) atoms. The third-order valence-corrected chi connectivity index (χ3v) is 5.77. The minimum atomic E-state index is -0.937. The second-order valence-corrected chi connectivity index (χ2v) is 7.70. The lowest BCUT2D eigenvalue weighted by atomic mass is 10.1. The van der Waals surface area contributed by atoms with Crippen LogP contribution in [0.5, 0.6) is 0 Å². The van der Waals surface area contributed by atoms with Crippen molar-refractivity contribution in [2.45, 2.75) is 32.7 Å². The summed E-state index contributed by atoms with van der Waals surface area (Å²) in [4.78, 5) is 26.7. The van der Waals surface area contributed by atoms with Crippen molar-refractivity contribution in [1.82, 2.24) is 4.90 Å². The van der Waals surface area contributed by atoms with Gasteiger partial charge < -0.3 is 10.2 Å². The molecule has 3 rings (SSSR count). The summed E-state index contributed by atoms with van der Waals surface area (Å²) in [5.41, 5.74) is 1.28. The largest absolute Gasteiger partial charge is 0.334 e. The lowest BCUT2D eigenvalue weighted by Crippen LogP contribution is -2.29. The maximum Gasteiger partial charge on any atom is 0.264 e. The number of hydrogen-bond acceptors (Lipinski definition) is 3. The maximum absolute atomic E-state index is 13.5. The highest BCUT2D eigenvalue weighted by Gasteiger charge is 2.30. The highest BCUT2D eigenvalue weighted by Crippen LogP contribution is 2.34. The van der Waals surface area contributed by atoms with Crippen molar-refractivity contribution in [3.8, 4) is 0 Å². The van der Waals surface area contributed by atoms with Crippen molar-refractivity contribution in [2.24, 2.45) is 5.92 Å². The van der Waals surface area contributed by atoms with Gasteiger partial charge in [-0.25, -0.2) is 8.78 Å². The fourth-order valence-corrected chi connectivity index (χ4v) is 3.72. The Morgan fingerprint density at radius 3 is 2.54 bits per heavy atom. The average Bonchev–Trinajstić information content (AvgIpc) is 3.39. The Morgan fingerprint density at radius 2 is 1.92 bits per heavy atom. The summed E-state index contributed by atoms with van der Waals surface area (Å²) in [6.45, 7) is 3.57. The Labute approximate surface area is 154 Å². The number of amides is 2. The standard InChI is InChI=1S/C19H20F2N2O2S/c1-10-8-16(22-18(24)12-4-5-12)26-17(10)19(25)23(3)11(2)13-6-7-14(20)15(21)9-13/h6-9,11-12H,4-5H2,1-3H3,(H,22,24). The zero-order valence-electron chi connectivity index (χ0n) is 14.8. The molecule has 1 atom stereocenters. The number of benzene rings is 1. The average molecular weight is 378 g/mol. The van der Waals surface area contributed by atoms with Crippen LogP contribution in [-0.2, 0) is 4.79 Å². The molecule has 138 valence electrons. The van der Waals surface area contributed by atoms with Crippen LogP contribution in [0.15, 0.2) is 24.3 Å². The minimum absolute atomic E-state index is 0.00578. The number of halogens is 2. The first-order valence-corrected chi connectivity index (χ1v) is 9.23. The van der Waals surface area contributed by atoms with Crippen LogP contribution in [0.1, 0.15) is 46.6 Å². The van der Waals surface area contributed by atoms with Crippen molar-refractivity contribution < 1.29 is 18.4 Å². The Balaban J connectivity index is 1.75. The molecule has 2 aromatic rings. The van der Waals surface area contributed by atoms with Gasteiger partial charge in [-0.2, -0.15) is 0 Å². The van der Waals surface area contributed by atoms with Crippen LogP contribution < -0.4 is 5.32 Å². The molecule has 1 aliphatic carbocycles. The van der Waals surface area contributed by atoms with Crippen LogP contribution in [0.3, 0.4) is 0 Å². The molecule has 1 aromatic heterocycles. The predicted octanol–water partition coefficient (Wildman–Crippen LogP) is 4.52. The molecule has 2 amide bonds. The number of anilines is 1. The van der Waals surface area contributed by atoms with Gasteiger partial charge in [0, 0.05) is 13.0 Å². The summed E-state index contributed by atoms with van der Waals surface area (Å²) >= 11 is 1.23. The van der Waals surface area contributed by atoms with Crippen LogP contribution in [0, 0.1) is 24.5 Å². The zero-order chi connectivity index (χ0) is 19.0. The summed E-state index contributed by atoms with van der Waals surface area (Å²) < 4.78 is 26.6. The lowest BCUT2D eigenvalue weighted by molar-refractivity contribution is -0.117. The molecule has 1 heterocycles. The maximum atomic E-state index is 13.5. The number of nitrogens with zero attached hydrogens (tertiary/aromatic N) is 1. The number of carbonyl (C=O) groups excluding carboxylic acids is 2. The molecule has 1 aromatic carbocycles. The van der Waals surface area contributed by atoms with Crippen LogP contribution in [-0.4, -0.2) is 23.8 Å². The van der Waals surface area contributed by atoms with E-state index in [4.69, 9.17) is 0 Å². The SMILES string of the molecule is Cc1cc(NC(=O)C2CC2)sc1C(=O)N(C)C(C)c1ccc(F)c(F)c1. The van der Waals surface area contributed by atoms with Crippen LogP contribution in [0.4, 0.5) is 13.8 Å². The van der Waals surface area contributed by atoms with Crippen molar-refractivity contribution in [2.75, 3.05) is 12.4 Å². The molecule has 0 aliphatic heterocycles. The molecule has 1 saturated carbocycles. The molecule has 0 bridgehead atoms. The van der Waals surface area contributed by atoms with Crippen molar-refractivity contribution in [3.05, 3.63) is 51.9 Å². The third kappa shape index (κ3) is 3.77. The van der Waals surface area contributed by atoms with E-state index in [1.54, 1.807) is 20.0 Å². The fraction of sp³-hybridized carbons (Fsp3) is 0.368. The van der Waals surface area contributed by atoms with Crippen molar-refractivity contribution in [1.29, 1.82) is 0 Å². The minimum Gasteiger partial charge on any atom is -0.334 e. The molecule has 1 unspecified atom stereocenters. The van der Waals surface area contributed by atoms with Gasteiger partial charge in [-0.05, 0) is 56.0 Å². The summed E-state index contributed by atoms with van der Waals surface area (Å²) in [5.74, 6) is -1.99. The Morgan fingerprint density at radius 1 is 1.23 bits per heavy atom. The van der Waals surface area contributed by atoms with Gasteiger partial charge in [0.05, 0.1) is 15.9 Å². The van der Waals surface area contributed by atoms with Crippen molar-refractivity contribution in [3.63, 3.8) is 0 Å². The van der Waals surface area contributed by atoms with E-state index in [0.717, 1.165) is 30.5 Å². The Bertz CT molecular complexity index is 861. The molecule has 0 spiro atoms. The first-order chi connectivity index (χ1) is 12.3. The van der Waals surface area contributed by atoms with Gasteiger partial charge >= 0.3 is 0 Å². The van der Waals surface area contributed by atoms with Gasteiger partial charge in [0.2, 0.25) is 5.91 Å². The second kappa shape index (κ2) is 7.15. The second-order valence-electron chi connectivity index (χ2n) is 6.65. The van der Waals surface area contributed by atoms with Crippen molar-refractivity contribution >= 4 is 28.2 Å². The molecule has 1 fully saturated rings. The summed E-state index contributed by atoms with van der Waals surface area (Å²) in [5, 5.41) is 3.50. The van der Waals surface area contributed by atoms with Crippen LogP contribution in [0.25, 0.3) is 0 Å². The van der Waals surface area contributed by atoms with Gasteiger partial charge in [-0.3, -0.25) is 9.59 Å². The number of rotatable bonds is 5. The summed E-state index contributed by atoms with van der Waals surface area (Å²) in [6, 6.07) is 4.99. The molecular formula is C19H20F2N2O2S. The third-order valence-electron chi connectivity index (χ3n) is 4.63. The van der Waals surface area contributed by atoms with Crippen LogP contribution >= 0.6 is 11.3 Å². The smallest absolute Gasteiger partial charge is 0.264 e. The first kappa shape index (κ1) is 18.5. The van der Waals surface area contributed by atoms with Crippen LogP contribution in [0.2, 0.25) is 0 Å². The van der Waals surface area contributed by atoms with E-state index in [-0.39, 0.29) is 17.7 Å². The van der Waals surface area contributed by atoms with E-state index < -0.39 is 17.7 Å². The first-order valence-electron chi connectivity index (χ1n) is 8.41. The van der Waals surface area contributed by atoms with Gasteiger partial charge in [0.15, 0.2) is 11.6 Å². The fourth-order valence-electron chi connectivity index (χ4n) is 2.66. The topological polar surface area (TPSA) is 49.4 Å². The zero-order valence-corrected chi connectivity index (χ0v) is 15.6. The number of hydrogen-bond donors (Lipinski definition) is 1. The normalized spacial score (nSPS) is 14.8. The monoisotopic (exact) mass is 378 g/mol.